The van der Waals surface area contributed by atoms with Crippen molar-refractivity contribution in [3.05, 3.63) is 29.8 Å². The Morgan fingerprint density at radius 3 is 1.95 bits per heavy atom. The summed E-state index contributed by atoms with van der Waals surface area (Å²) in [7, 11) is 0. The van der Waals surface area contributed by atoms with Crippen molar-refractivity contribution in [2.75, 3.05) is 31.1 Å². The maximum Gasteiger partial charge on any atom is 0.0366 e. The third-order valence-electron chi connectivity index (χ3n) is 5.80. The number of hydrogen-bond acceptors (Lipinski definition) is 2. The Morgan fingerprint density at radius 2 is 1.45 bits per heavy atom. The minimum Gasteiger partial charge on any atom is -0.372 e. The van der Waals surface area contributed by atoms with E-state index in [2.05, 4.69) is 61.8 Å². The molecule has 2 saturated heterocycles. The lowest BCUT2D eigenvalue weighted by Crippen LogP contribution is -2.54. The number of nitrogens with zero attached hydrogens (tertiary/aromatic N) is 2. The molecule has 0 bridgehead atoms. The molecule has 0 radical (unpaired) electrons. The van der Waals surface area contributed by atoms with Gasteiger partial charge in [-0.25, -0.2) is 0 Å². The number of likely N-dealkylation sites (tertiary alicyclic amines) is 1. The first-order chi connectivity index (χ1) is 10.5. The van der Waals surface area contributed by atoms with E-state index >= 15 is 0 Å². The van der Waals surface area contributed by atoms with Crippen LogP contribution in [0.1, 0.15) is 52.0 Å². The van der Waals surface area contributed by atoms with Crippen molar-refractivity contribution in [2.45, 2.75) is 52.5 Å². The van der Waals surface area contributed by atoms with Crippen molar-refractivity contribution in [1.29, 1.82) is 0 Å². The minimum absolute atomic E-state index is 0.627. The Kier molecular flexibility index (Phi) is 4.77. The predicted octanol–water partition coefficient (Wildman–Crippen LogP) is 4.37. The van der Waals surface area contributed by atoms with Crippen LogP contribution in [0.5, 0.6) is 0 Å². The molecule has 0 atom stereocenters. The Labute approximate surface area is 136 Å². The Bertz CT molecular complexity index is 463. The van der Waals surface area contributed by atoms with Crippen LogP contribution in [0.15, 0.2) is 24.3 Å². The molecule has 2 fully saturated rings. The number of benzene rings is 1. The van der Waals surface area contributed by atoms with Crippen LogP contribution >= 0.6 is 0 Å². The highest BCUT2D eigenvalue weighted by Crippen LogP contribution is 2.34. The van der Waals surface area contributed by atoms with Gasteiger partial charge in [0.2, 0.25) is 0 Å². The monoisotopic (exact) mass is 300 g/mol. The van der Waals surface area contributed by atoms with E-state index in [1.165, 1.54) is 50.3 Å². The summed E-state index contributed by atoms with van der Waals surface area (Å²) in [6.45, 7) is 14.3. The topological polar surface area (TPSA) is 6.48 Å². The summed E-state index contributed by atoms with van der Waals surface area (Å²) in [5.41, 5.74) is 2.86. The summed E-state index contributed by atoms with van der Waals surface area (Å²) >= 11 is 0. The van der Waals surface area contributed by atoms with Crippen molar-refractivity contribution < 1.29 is 0 Å². The predicted molar refractivity (Wildman–Crippen MR) is 95.7 cm³/mol. The molecule has 0 aromatic heterocycles. The van der Waals surface area contributed by atoms with E-state index in [9.17, 15) is 0 Å². The third-order valence-corrected chi connectivity index (χ3v) is 5.80. The van der Waals surface area contributed by atoms with Crippen LogP contribution in [0, 0.1) is 11.8 Å². The van der Waals surface area contributed by atoms with Crippen LogP contribution < -0.4 is 4.90 Å². The second-order valence-corrected chi connectivity index (χ2v) is 7.88. The fraction of sp³-hybridized carbons (Fsp3) is 0.700. The van der Waals surface area contributed by atoms with Gasteiger partial charge in [-0.2, -0.15) is 0 Å². The summed E-state index contributed by atoms with van der Waals surface area (Å²) in [6, 6.07) is 9.98. The van der Waals surface area contributed by atoms with E-state index in [-0.39, 0.29) is 0 Å². The van der Waals surface area contributed by atoms with Crippen LogP contribution in [0.3, 0.4) is 0 Å². The van der Waals surface area contributed by atoms with Gasteiger partial charge in [0.1, 0.15) is 0 Å². The summed E-state index contributed by atoms with van der Waals surface area (Å²) in [5.74, 6) is 2.55. The fourth-order valence-electron chi connectivity index (χ4n) is 3.97. The highest BCUT2D eigenvalue weighted by Gasteiger charge is 2.35. The molecule has 2 heterocycles. The molecule has 0 N–H and O–H groups in total. The van der Waals surface area contributed by atoms with Gasteiger partial charge in [-0.05, 0) is 62.1 Å². The lowest BCUT2D eigenvalue weighted by Gasteiger charge is -2.48. The van der Waals surface area contributed by atoms with Gasteiger partial charge in [0.05, 0.1) is 0 Å². The number of anilines is 1. The molecule has 0 aliphatic carbocycles. The van der Waals surface area contributed by atoms with Gasteiger partial charge < -0.3 is 9.80 Å². The van der Waals surface area contributed by atoms with Crippen LogP contribution in [-0.4, -0.2) is 37.1 Å². The molecular weight excluding hydrogens is 268 g/mol. The summed E-state index contributed by atoms with van der Waals surface area (Å²) in [4.78, 5) is 5.20. The molecule has 0 amide bonds. The second-order valence-electron chi connectivity index (χ2n) is 7.88. The van der Waals surface area contributed by atoms with Gasteiger partial charge in [-0.1, -0.05) is 26.0 Å². The Balaban J connectivity index is 1.49. The van der Waals surface area contributed by atoms with Crippen molar-refractivity contribution >= 4 is 5.69 Å². The summed E-state index contributed by atoms with van der Waals surface area (Å²) < 4.78 is 0. The second kappa shape index (κ2) is 6.62. The fourth-order valence-corrected chi connectivity index (χ4v) is 3.97. The zero-order valence-corrected chi connectivity index (χ0v) is 14.8. The smallest absolute Gasteiger partial charge is 0.0366 e. The quantitative estimate of drug-likeness (QED) is 0.815. The van der Waals surface area contributed by atoms with E-state index in [0.29, 0.717) is 5.92 Å². The van der Waals surface area contributed by atoms with Gasteiger partial charge in [0, 0.05) is 37.9 Å². The molecule has 0 spiro atoms. The Morgan fingerprint density at radius 1 is 0.864 bits per heavy atom. The van der Waals surface area contributed by atoms with Gasteiger partial charge in [0.25, 0.3) is 0 Å². The molecule has 2 heteroatoms. The molecular formula is C20H32N2. The molecule has 2 aliphatic rings. The number of hydrogen-bond donors (Lipinski definition) is 0. The van der Waals surface area contributed by atoms with Gasteiger partial charge in [0.15, 0.2) is 0 Å². The number of piperidine rings is 1. The van der Waals surface area contributed by atoms with E-state index in [4.69, 9.17) is 0 Å². The molecule has 22 heavy (non-hydrogen) atoms. The summed E-state index contributed by atoms with van der Waals surface area (Å²) in [6.07, 6.45) is 2.76. The molecule has 0 saturated carbocycles. The maximum atomic E-state index is 2.61. The van der Waals surface area contributed by atoms with E-state index in [1.54, 1.807) is 0 Å². The van der Waals surface area contributed by atoms with Crippen molar-refractivity contribution in [3.8, 4) is 0 Å². The third kappa shape index (κ3) is 3.32. The van der Waals surface area contributed by atoms with Crippen LogP contribution in [-0.2, 0) is 0 Å². The number of rotatable bonds is 4. The molecule has 2 nitrogen and oxygen atoms in total. The van der Waals surface area contributed by atoms with Gasteiger partial charge in [-0.15, -0.1) is 0 Å². The average Bonchev–Trinajstić information content (AvgIpc) is 2.46. The lowest BCUT2D eigenvalue weighted by molar-refractivity contribution is 0.0237. The summed E-state index contributed by atoms with van der Waals surface area (Å²) in [5, 5.41) is 0. The normalized spacial score (nSPS) is 21.6. The van der Waals surface area contributed by atoms with E-state index in [1.807, 2.05) is 0 Å². The molecule has 122 valence electrons. The minimum atomic E-state index is 0.627. The molecule has 1 aromatic carbocycles. The first-order valence-electron chi connectivity index (χ1n) is 9.13. The molecule has 1 aromatic rings. The molecule has 2 aliphatic heterocycles. The Hall–Kier alpha value is -1.02. The molecule has 0 unspecified atom stereocenters. The van der Waals surface area contributed by atoms with Crippen molar-refractivity contribution in [2.24, 2.45) is 11.8 Å². The van der Waals surface area contributed by atoms with Crippen molar-refractivity contribution in [3.63, 3.8) is 0 Å². The standard InChI is InChI=1S/C20H32N2/c1-15(2)17-5-7-20(8-6-17)21-11-9-18(10-12-21)19-13-22(14-19)16(3)4/h5-8,15-16,18-19H,9-14H2,1-4H3. The highest BCUT2D eigenvalue weighted by molar-refractivity contribution is 5.48. The van der Waals surface area contributed by atoms with Crippen LogP contribution in [0.2, 0.25) is 0 Å². The van der Waals surface area contributed by atoms with E-state index < -0.39 is 0 Å². The van der Waals surface area contributed by atoms with E-state index in [0.717, 1.165) is 17.9 Å². The first kappa shape index (κ1) is 15.9. The zero-order valence-electron chi connectivity index (χ0n) is 14.8. The van der Waals surface area contributed by atoms with Crippen molar-refractivity contribution in [1.82, 2.24) is 4.90 Å². The zero-order chi connectivity index (χ0) is 15.7. The lowest BCUT2D eigenvalue weighted by atomic mass is 9.79. The maximum absolute atomic E-state index is 2.61. The largest absolute Gasteiger partial charge is 0.372 e. The first-order valence-corrected chi connectivity index (χ1v) is 9.13. The molecule has 3 rings (SSSR count). The van der Waals surface area contributed by atoms with Gasteiger partial charge >= 0.3 is 0 Å². The van der Waals surface area contributed by atoms with Gasteiger partial charge in [-0.3, -0.25) is 0 Å². The highest BCUT2D eigenvalue weighted by atomic mass is 15.2. The SMILES string of the molecule is CC(C)c1ccc(N2CCC(C3CN(C(C)C)C3)CC2)cc1. The van der Waals surface area contributed by atoms with Crippen LogP contribution in [0.4, 0.5) is 5.69 Å². The van der Waals surface area contributed by atoms with Crippen LogP contribution in [0.25, 0.3) is 0 Å². The average molecular weight is 300 g/mol.